The summed E-state index contributed by atoms with van der Waals surface area (Å²) in [5.74, 6) is 2.69. The first-order chi connectivity index (χ1) is 13.9. The first kappa shape index (κ1) is 20.7. The number of hydrogen-bond acceptors (Lipinski definition) is 6. The number of benzene rings is 2. The first-order valence-corrected chi connectivity index (χ1v) is 9.48. The first-order valence-electron chi connectivity index (χ1n) is 9.48. The molecule has 3 rings (SSSR count). The molecule has 2 aromatic rings. The third-order valence-electron chi connectivity index (χ3n) is 4.97. The minimum absolute atomic E-state index is 0.0658. The minimum Gasteiger partial charge on any atom is -0.493 e. The van der Waals surface area contributed by atoms with Gasteiger partial charge in [-0.1, -0.05) is 13.8 Å². The Hall–Kier alpha value is -3.02. The summed E-state index contributed by atoms with van der Waals surface area (Å²) in [5.41, 5.74) is 2.21. The molecule has 1 heterocycles. The molecule has 2 aromatic carbocycles. The summed E-state index contributed by atoms with van der Waals surface area (Å²) in [4.78, 5) is 17.4. The molecule has 154 valence electrons. The van der Waals surface area contributed by atoms with Gasteiger partial charge in [-0.2, -0.15) is 0 Å². The average molecular weight is 397 g/mol. The van der Waals surface area contributed by atoms with Crippen molar-refractivity contribution >= 4 is 11.5 Å². The van der Waals surface area contributed by atoms with Crippen LogP contribution in [0.25, 0.3) is 0 Å². The highest BCUT2D eigenvalue weighted by atomic mass is 16.7. The van der Waals surface area contributed by atoms with Crippen molar-refractivity contribution in [1.82, 2.24) is 0 Å². The van der Waals surface area contributed by atoms with Gasteiger partial charge in [-0.25, -0.2) is 0 Å². The molecule has 0 radical (unpaired) electrons. The van der Waals surface area contributed by atoms with Crippen molar-refractivity contribution in [1.29, 1.82) is 0 Å². The zero-order chi connectivity index (χ0) is 21.0. The van der Waals surface area contributed by atoms with Gasteiger partial charge < -0.3 is 18.9 Å². The van der Waals surface area contributed by atoms with E-state index in [1.54, 1.807) is 39.5 Å². The third kappa shape index (κ3) is 4.70. The van der Waals surface area contributed by atoms with Crippen molar-refractivity contribution < 1.29 is 23.7 Å². The van der Waals surface area contributed by atoms with E-state index in [1.807, 2.05) is 18.2 Å². The lowest BCUT2D eigenvalue weighted by molar-refractivity contribution is 0.0934. The van der Waals surface area contributed by atoms with Gasteiger partial charge in [0, 0.05) is 24.7 Å². The number of aliphatic imine (C=N–C) groups is 1. The number of carbonyl (C=O) groups is 1. The predicted molar refractivity (Wildman–Crippen MR) is 112 cm³/mol. The largest absolute Gasteiger partial charge is 0.493 e. The van der Waals surface area contributed by atoms with Crippen LogP contribution in [0.4, 0.5) is 0 Å². The Morgan fingerprint density at radius 2 is 1.66 bits per heavy atom. The molecule has 0 aromatic heterocycles. The molecule has 0 aliphatic carbocycles. The standard InChI is InChI=1S/C23H27NO5/c1-23(2,13-18(25)16-7-9-20-22(11-16)29-14-28-20)12-17(24-3)15-6-8-19(26-4)21(10-15)27-5/h6-11H,12-14H2,1-5H3. The van der Waals surface area contributed by atoms with Crippen molar-refractivity contribution in [2.24, 2.45) is 10.4 Å². The Labute approximate surface area is 171 Å². The fourth-order valence-electron chi connectivity index (χ4n) is 3.45. The fraction of sp³-hybridized carbons (Fsp3) is 0.391. The molecular formula is C23H27NO5. The highest BCUT2D eigenvalue weighted by Gasteiger charge is 2.27. The molecule has 6 heteroatoms. The van der Waals surface area contributed by atoms with Crippen molar-refractivity contribution in [3.05, 3.63) is 47.5 Å². The summed E-state index contributed by atoms with van der Waals surface area (Å²) in [6.07, 6.45) is 1.04. The van der Waals surface area contributed by atoms with Crippen molar-refractivity contribution in [3.63, 3.8) is 0 Å². The molecule has 0 atom stereocenters. The SMILES string of the molecule is CN=C(CC(C)(C)CC(=O)c1ccc2c(c1)OCO2)c1ccc(OC)c(OC)c1. The normalized spacial score (nSPS) is 13.3. The Morgan fingerprint density at radius 1 is 0.966 bits per heavy atom. The van der Waals surface area contributed by atoms with Crippen LogP contribution in [-0.2, 0) is 0 Å². The van der Waals surface area contributed by atoms with E-state index in [-0.39, 0.29) is 18.0 Å². The average Bonchev–Trinajstić information content (AvgIpc) is 3.19. The summed E-state index contributed by atoms with van der Waals surface area (Å²) in [6, 6.07) is 11.1. The van der Waals surface area contributed by atoms with Crippen molar-refractivity contribution in [2.45, 2.75) is 26.7 Å². The van der Waals surface area contributed by atoms with Crippen LogP contribution < -0.4 is 18.9 Å². The van der Waals surface area contributed by atoms with Gasteiger partial charge in [0.2, 0.25) is 6.79 Å². The Bertz CT molecular complexity index is 933. The van der Waals surface area contributed by atoms with Crippen LogP contribution in [0.15, 0.2) is 41.4 Å². The van der Waals surface area contributed by atoms with Crippen molar-refractivity contribution in [2.75, 3.05) is 28.1 Å². The summed E-state index contributed by atoms with van der Waals surface area (Å²) in [5, 5.41) is 0. The maximum atomic E-state index is 12.9. The van der Waals surface area contributed by atoms with E-state index in [2.05, 4.69) is 18.8 Å². The zero-order valence-electron chi connectivity index (χ0n) is 17.6. The quantitative estimate of drug-likeness (QED) is 0.483. The lowest BCUT2D eigenvalue weighted by Gasteiger charge is -2.25. The third-order valence-corrected chi connectivity index (χ3v) is 4.97. The van der Waals surface area contributed by atoms with Crippen LogP contribution in [0.2, 0.25) is 0 Å². The number of hydrogen-bond donors (Lipinski definition) is 0. The van der Waals surface area contributed by atoms with Gasteiger partial charge in [0.1, 0.15) is 0 Å². The number of rotatable bonds is 8. The van der Waals surface area contributed by atoms with Crippen LogP contribution in [0.1, 0.15) is 42.6 Å². The summed E-state index contributed by atoms with van der Waals surface area (Å²) >= 11 is 0. The number of fused-ring (bicyclic) bond motifs is 1. The topological polar surface area (TPSA) is 66.4 Å². The predicted octanol–water partition coefficient (Wildman–Crippen LogP) is 4.54. The minimum atomic E-state index is -0.282. The maximum absolute atomic E-state index is 12.9. The van der Waals surface area contributed by atoms with Crippen LogP contribution in [-0.4, -0.2) is 39.6 Å². The molecule has 29 heavy (non-hydrogen) atoms. The molecule has 0 fully saturated rings. The van der Waals surface area contributed by atoms with Gasteiger partial charge in [-0.15, -0.1) is 0 Å². The van der Waals surface area contributed by atoms with E-state index in [0.717, 1.165) is 11.3 Å². The fourth-order valence-corrected chi connectivity index (χ4v) is 3.45. The van der Waals surface area contributed by atoms with E-state index in [0.29, 0.717) is 41.4 Å². The lowest BCUT2D eigenvalue weighted by Crippen LogP contribution is -2.22. The molecule has 0 N–H and O–H groups in total. The summed E-state index contributed by atoms with van der Waals surface area (Å²) in [7, 11) is 4.98. The zero-order valence-corrected chi connectivity index (χ0v) is 17.6. The molecule has 6 nitrogen and oxygen atoms in total. The number of Topliss-reactive ketones (excluding diaryl/α,β-unsaturated/α-hetero) is 1. The highest BCUT2D eigenvalue weighted by Crippen LogP contribution is 2.35. The number of carbonyl (C=O) groups excluding carboxylic acids is 1. The monoisotopic (exact) mass is 397 g/mol. The van der Waals surface area contributed by atoms with Gasteiger partial charge in [-0.05, 0) is 53.8 Å². The number of ketones is 1. The van der Waals surface area contributed by atoms with E-state index in [4.69, 9.17) is 18.9 Å². The van der Waals surface area contributed by atoms with Crippen LogP contribution >= 0.6 is 0 Å². The van der Waals surface area contributed by atoms with Gasteiger partial charge >= 0.3 is 0 Å². The van der Waals surface area contributed by atoms with E-state index >= 15 is 0 Å². The molecule has 0 saturated heterocycles. The van der Waals surface area contributed by atoms with Crippen LogP contribution in [0.3, 0.4) is 0 Å². The molecule has 0 amide bonds. The van der Waals surface area contributed by atoms with Gasteiger partial charge in [0.15, 0.2) is 28.8 Å². The van der Waals surface area contributed by atoms with Crippen molar-refractivity contribution in [3.8, 4) is 23.0 Å². The molecule has 1 aliphatic rings. The molecular weight excluding hydrogens is 370 g/mol. The van der Waals surface area contributed by atoms with E-state index in [9.17, 15) is 4.79 Å². The van der Waals surface area contributed by atoms with E-state index in [1.165, 1.54) is 0 Å². The second kappa shape index (κ2) is 8.55. The molecule has 0 spiro atoms. The van der Waals surface area contributed by atoms with Crippen LogP contribution in [0.5, 0.6) is 23.0 Å². The number of nitrogens with zero attached hydrogens (tertiary/aromatic N) is 1. The molecule has 0 unspecified atom stereocenters. The number of ether oxygens (including phenoxy) is 4. The molecule has 1 aliphatic heterocycles. The smallest absolute Gasteiger partial charge is 0.231 e. The van der Waals surface area contributed by atoms with Crippen LogP contribution in [0, 0.1) is 5.41 Å². The highest BCUT2D eigenvalue weighted by molar-refractivity contribution is 6.02. The Balaban J connectivity index is 1.74. The van der Waals surface area contributed by atoms with E-state index < -0.39 is 0 Å². The van der Waals surface area contributed by atoms with Gasteiger partial charge in [0.05, 0.1) is 14.2 Å². The number of methoxy groups -OCH3 is 2. The maximum Gasteiger partial charge on any atom is 0.231 e. The molecule has 0 saturated carbocycles. The summed E-state index contributed by atoms with van der Waals surface area (Å²) in [6.45, 7) is 4.34. The Kier molecular flexibility index (Phi) is 6.11. The second-order valence-corrected chi connectivity index (χ2v) is 7.75. The second-order valence-electron chi connectivity index (χ2n) is 7.75. The van der Waals surface area contributed by atoms with Gasteiger partial charge in [-0.3, -0.25) is 9.79 Å². The summed E-state index contributed by atoms with van der Waals surface area (Å²) < 4.78 is 21.4. The molecule has 0 bridgehead atoms. The van der Waals surface area contributed by atoms with Gasteiger partial charge in [0.25, 0.3) is 0 Å². The Morgan fingerprint density at radius 3 is 2.34 bits per heavy atom. The lowest BCUT2D eigenvalue weighted by atomic mass is 9.79.